The third-order valence-electron chi connectivity index (χ3n) is 13.9. The smallest absolute Gasteiger partial charge is 0.456 e. The van der Waals surface area contributed by atoms with E-state index in [2.05, 4.69) is 86.8 Å². The van der Waals surface area contributed by atoms with Crippen molar-refractivity contribution < 1.29 is 37.3 Å². The lowest BCUT2D eigenvalue weighted by Gasteiger charge is -2.27. The van der Waals surface area contributed by atoms with E-state index in [1.165, 1.54) is 154 Å². The zero-order chi connectivity index (χ0) is 55.7. The highest BCUT2D eigenvalue weighted by atomic mass is 31.2. The van der Waals surface area contributed by atoms with Gasteiger partial charge >= 0.3 is 13.8 Å². The van der Waals surface area contributed by atoms with Crippen molar-refractivity contribution in [3.05, 3.63) is 72.9 Å². The first-order valence-corrected chi connectivity index (χ1v) is 33.3. The zero-order valence-electron chi connectivity index (χ0n) is 50.5. The van der Waals surface area contributed by atoms with E-state index in [1.807, 2.05) is 33.3 Å². The monoisotopic (exact) mass is 1090 g/mol. The second-order valence-corrected chi connectivity index (χ2v) is 24.0. The Morgan fingerprint density at radius 1 is 0.474 bits per heavy atom. The maximum Gasteiger partial charge on any atom is 0.472 e. The molecule has 0 aliphatic rings. The highest BCUT2D eigenvalue weighted by Gasteiger charge is 2.30. The van der Waals surface area contributed by atoms with Crippen molar-refractivity contribution in [3.8, 4) is 0 Å². The van der Waals surface area contributed by atoms with Crippen LogP contribution in [0.3, 0.4) is 0 Å². The fourth-order valence-electron chi connectivity index (χ4n) is 8.99. The number of ether oxygens (including phenoxy) is 1. The highest BCUT2D eigenvalue weighted by Crippen LogP contribution is 2.43. The number of nitrogens with one attached hydrogen (secondary N) is 1. The van der Waals surface area contributed by atoms with E-state index in [-0.39, 0.29) is 31.5 Å². The Hall–Kier alpha value is -2.55. The van der Waals surface area contributed by atoms with E-state index in [0.717, 1.165) is 96.3 Å². The van der Waals surface area contributed by atoms with E-state index in [4.69, 9.17) is 13.8 Å². The summed E-state index contributed by atoms with van der Waals surface area (Å²) in [7, 11) is 1.49. The Labute approximate surface area is 470 Å². The van der Waals surface area contributed by atoms with E-state index in [9.17, 15) is 19.0 Å². The summed E-state index contributed by atoms with van der Waals surface area (Å²) in [6.07, 6.45) is 71.9. The topological polar surface area (TPSA) is 111 Å². The zero-order valence-corrected chi connectivity index (χ0v) is 51.4. The molecule has 442 valence electrons. The van der Waals surface area contributed by atoms with Gasteiger partial charge in [0.1, 0.15) is 19.3 Å². The van der Waals surface area contributed by atoms with Crippen molar-refractivity contribution in [2.75, 3.05) is 40.9 Å². The molecule has 0 fully saturated rings. The summed E-state index contributed by atoms with van der Waals surface area (Å²) in [5, 5.41) is 3.05. The molecule has 2 N–H and O–H groups in total. The van der Waals surface area contributed by atoms with Gasteiger partial charge in [-0.1, -0.05) is 248 Å². The molecule has 0 aromatic heterocycles. The summed E-state index contributed by atoms with van der Waals surface area (Å²) in [4.78, 5) is 37.7. The van der Waals surface area contributed by atoms with Crippen LogP contribution in [0.1, 0.15) is 284 Å². The van der Waals surface area contributed by atoms with Crippen molar-refractivity contribution in [2.24, 2.45) is 0 Å². The predicted octanol–water partition coefficient (Wildman–Crippen LogP) is 19.6. The van der Waals surface area contributed by atoms with Crippen LogP contribution in [0.5, 0.6) is 0 Å². The lowest BCUT2D eigenvalue weighted by Crippen LogP contribution is -2.47. The fraction of sp³-hybridized carbons (Fsp3) is 0.788. The number of likely N-dealkylation sites (N-methyl/N-ethyl adjacent to an activating group) is 1. The molecule has 0 bridgehead atoms. The number of phosphoric acid groups is 1. The number of unbranched alkanes of at least 4 members (excludes halogenated alkanes) is 31. The van der Waals surface area contributed by atoms with E-state index < -0.39 is 20.0 Å². The highest BCUT2D eigenvalue weighted by molar-refractivity contribution is 7.47. The second-order valence-electron chi connectivity index (χ2n) is 22.5. The standard InChI is InChI=1S/C66H121N2O7P/c1-7-10-13-16-19-22-25-27-29-30-31-32-33-34-35-36-37-38-39-40-43-46-49-52-55-58-65(69)67-63(62-74-76(71,72)73-61-60-68(4,5)6)64(57-54-51-48-45-42-24-21-18-15-12-9-3)75-66(70)59-56-53-50-47-44-41-28-26-23-20-17-14-11-8-2/h11,14,19-20,22-23,27,29,31-32,54,57,63-64H,7-10,12-13,15-18,21,24-26,28,30,33-53,55-56,58-62H2,1-6H3,(H-,67,69,71,72)/p+1/b14-11+,22-19-,23-20+,29-27-,32-31-,57-54-. The van der Waals surface area contributed by atoms with Crippen LogP contribution < -0.4 is 5.32 Å². The Balaban J connectivity index is 5.08. The van der Waals surface area contributed by atoms with Gasteiger partial charge in [-0.2, -0.15) is 0 Å². The van der Waals surface area contributed by atoms with Gasteiger partial charge in [0, 0.05) is 12.8 Å². The number of hydrogen-bond acceptors (Lipinski definition) is 6. The van der Waals surface area contributed by atoms with E-state index in [1.54, 1.807) is 0 Å². The number of hydrogen-bond donors (Lipinski definition) is 2. The first kappa shape index (κ1) is 73.5. The van der Waals surface area contributed by atoms with E-state index in [0.29, 0.717) is 17.4 Å². The number of rotatable bonds is 57. The summed E-state index contributed by atoms with van der Waals surface area (Å²) in [6, 6.07) is -0.854. The van der Waals surface area contributed by atoms with Crippen molar-refractivity contribution in [1.82, 2.24) is 5.32 Å². The quantitative estimate of drug-likeness (QED) is 0.0205. The van der Waals surface area contributed by atoms with Gasteiger partial charge in [-0.05, 0) is 96.0 Å². The molecule has 0 aliphatic heterocycles. The Morgan fingerprint density at radius 3 is 1.29 bits per heavy atom. The third kappa shape index (κ3) is 56.2. The first-order chi connectivity index (χ1) is 36.9. The molecule has 0 rings (SSSR count). The number of nitrogens with zero attached hydrogens (tertiary/aromatic N) is 1. The average Bonchev–Trinajstić information content (AvgIpc) is 3.38. The molecular formula is C66H122N2O7P+. The van der Waals surface area contributed by atoms with Crippen LogP contribution in [0.4, 0.5) is 0 Å². The van der Waals surface area contributed by atoms with Gasteiger partial charge in [0.15, 0.2) is 0 Å². The number of amides is 1. The molecule has 0 heterocycles. The molecule has 76 heavy (non-hydrogen) atoms. The third-order valence-corrected chi connectivity index (χ3v) is 14.9. The molecule has 3 atom stereocenters. The molecular weight excluding hydrogens is 964 g/mol. The minimum absolute atomic E-state index is 0.0368. The van der Waals surface area contributed by atoms with Crippen molar-refractivity contribution >= 4 is 19.7 Å². The van der Waals surface area contributed by atoms with Gasteiger partial charge in [0.05, 0.1) is 33.8 Å². The van der Waals surface area contributed by atoms with Gasteiger partial charge < -0.3 is 19.4 Å². The summed E-state index contributed by atoms with van der Waals surface area (Å²) in [5.41, 5.74) is 0. The number of phosphoric ester groups is 1. The largest absolute Gasteiger partial charge is 0.472 e. The molecule has 0 radical (unpaired) electrons. The summed E-state index contributed by atoms with van der Waals surface area (Å²) < 4.78 is 30.7. The van der Waals surface area contributed by atoms with Gasteiger partial charge in [0.2, 0.25) is 5.91 Å². The predicted molar refractivity (Wildman–Crippen MR) is 328 cm³/mol. The molecule has 0 aromatic rings. The Bertz CT molecular complexity index is 1530. The molecule has 10 heteroatoms. The first-order valence-electron chi connectivity index (χ1n) is 31.8. The minimum atomic E-state index is -4.45. The van der Waals surface area contributed by atoms with Gasteiger partial charge in [-0.3, -0.25) is 18.6 Å². The number of quaternary nitrogens is 1. The second kappa shape index (κ2) is 55.8. The van der Waals surface area contributed by atoms with Gasteiger partial charge in [-0.25, -0.2) is 4.57 Å². The Kier molecular flexibility index (Phi) is 53.9. The van der Waals surface area contributed by atoms with Crippen molar-refractivity contribution in [1.29, 1.82) is 0 Å². The molecule has 0 aromatic carbocycles. The normalized spacial score (nSPS) is 14.1. The lowest BCUT2D eigenvalue weighted by molar-refractivity contribution is -0.870. The van der Waals surface area contributed by atoms with Gasteiger partial charge in [-0.15, -0.1) is 0 Å². The van der Waals surface area contributed by atoms with E-state index >= 15 is 0 Å². The number of carbonyl (C=O) groups excluding carboxylic acids is 2. The van der Waals surface area contributed by atoms with Crippen LogP contribution >= 0.6 is 7.82 Å². The van der Waals surface area contributed by atoms with Crippen molar-refractivity contribution in [3.63, 3.8) is 0 Å². The Morgan fingerprint density at radius 2 is 0.842 bits per heavy atom. The number of carbonyl (C=O) groups is 2. The summed E-state index contributed by atoms with van der Waals surface area (Å²) in [6.45, 7) is 6.88. The molecule has 0 saturated heterocycles. The average molecular weight is 1090 g/mol. The molecule has 1 amide bonds. The fourth-order valence-corrected chi connectivity index (χ4v) is 9.72. The van der Waals surface area contributed by atoms with Crippen LogP contribution in [0.2, 0.25) is 0 Å². The lowest BCUT2D eigenvalue weighted by atomic mass is 10.0. The number of esters is 1. The van der Waals surface area contributed by atoms with Crippen LogP contribution in [0, 0.1) is 0 Å². The summed E-state index contributed by atoms with van der Waals surface area (Å²) in [5.74, 6) is -0.514. The molecule has 0 saturated carbocycles. The minimum Gasteiger partial charge on any atom is -0.456 e. The molecule has 0 spiro atoms. The van der Waals surface area contributed by atoms with Crippen LogP contribution in [-0.4, -0.2) is 74.3 Å². The number of allylic oxidation sites excluding steroid dienone is 11. The molecule has 3 unspecified atom stereocenters. The molecule has 9 nitrogen and oxygen atoms in total. The SMILES string of the molecule is CC/C=C/C/C=C/CCCCCCCCCC(=O)OC(/C=C\CCCCCCCCCCC)C(COP(=O)(O)OCC[N+](C)(C)C)NC(=O)CCCCCCCCCCCCCC/C=C\C/C=C\C/C=C\CCCCC. The van der Waals surface area contributed by atoms with Crippen LogP contribution in [0.25, 0.3) is 0 Å². The molecule has 0 aliphatic carbocycles. The van der Waals surface area contributed by atoms with Crippen LogP contribution in [0.15, 0.2) is 72.9 Å². The summed E-state index contributed by atoms with van der Waals surface area (Å²) >= 11 is 0. The maximum absolute atomic E-state index is 13.6. The van der Waals surface area contributed by atoms with Gasteiger partial charge in [0.25, 0.3) is 0 Å². The maximum atomic E-state index is 13.6. The van der Waals surface area contributed by atoms with Crippen molar-refractivity contribution in [2.45, 2.75) is 296 Å². The van der Waals surface area contributed by atoms with Crippen LogP contribution in [-0.2, 0) is 27.9 Å².